The summed E-state index contributed by atoms with van der Waals surface area (Å²) in [7, 11) is 0. The molecule has 0 radical (unpaired) electrons. The maximum Gasteiger partial charge on any atom is 0.317 e. The SMILES string of the molecule is CCN1CCN(C(=O)NC2CCOCC2)CC1. The molecule has 0 aromatic rings. The fourth-order valence-electron chi connectivity index (χ4n) is 2.38. The van der Waals surface area contributed by atoms with E-state index in [1.165, 1.54) is 0 Å². The van der Waals surface area contributed by atoms with E-state index in [0.29, 0.717) is 6.04 Å². The van der Waals surface area contributed by atoms with Gasteiger partial charge in [0.15, 0.2) is 0 Å². The van der Waals surface area contributed by atoms with Crippen molar-refractivity contribution in [3.63, 3.8) is 0 Å². The molecule has 2 heterocycles. The minimum Gasteiger partial charge on any atom is -0.381 e. The molecule has 0 atom stereocenters. The van der Waals surface area contributed by atoms with Crippen molar-refractivity contribution in [1.29, 1.82) is 0 Å². The molecule has 2 amide bonds. The van der Waals surface area contributed by atoms with E-state index < -0.39 is 0 Å². The van der Waals surface area contributed by atoms with Crippen LogP contribution in [0.2, 0.25) is 0 Å². The van der Waals surface area contributed by atoms with Gasteiger partial charge < -0.3 is 19.9 Å². The molecule has 0 aliphatic carbocycles. The number of ether oxygens (including phenoxy) is 1. The Bertz CT molecular complexity index is 246. The summed E-state index contributed by atoms with van der Waals surface area (Å²) in [6.07, 6.45) is 1.89. The van der Waals surface area contributed by atoms with Crippen LogP contribution in [0, 0.1) is 0 Å². The summed E-state index contributed by atoms with van der Waals surface area (Å²) in [6, 6.07) is 0.410. The van der Waals surface area contributed by atoms with Gasteiger partial charge in [0.2, 0.25) is 0 Å². The fourth-order valence-corrected chi connectivity index (χ4v) is 2.38. The van der Waals surface area contributed by atoms with Gasteiger partial charge >= 0.3 is 6.03 Å². The molecule has 0 aromatic heterocycles. The average molecular weight is 241 g/mol. The van der Waals surface area contributed by atoms with Crippen LogP contribution in [0.15, 0.2) is 0 Å². The lowest BCUT2D eigenvalue weighted by molar-refractivity contribution is 0.0762. The van der Waals surface area contributed by atoms with E-state index in [-0.39, 0.29) is 6.03 Å². The number of nitrogens with zero attached hydrogens (tertiary/aromatic N) is 2. The monoisotopic (exact) mass is 241 g/mol. The minimum absolute atomic E-state index is 0.104. The minimum atomic E-state index is 0.104. The lowest BCUT2D eigenvalue weighted by Crippen LogP contribution is -2.53. The first kappa shape index (κ1) is 12.6. The highest BCUT2D eigenvalue weighted by atomic mass is 16.5. The standard InChI is InChI=1S/C12H23N3O2/c1-2-14-5-7-15(8-6-14)12(16)13-11-3-9-17-10-4-11/h11H,2-10H2,1H3,(H,13,16). The van der Waals surface area contributed by atoms with Crippen molar-refractivity contribution >= 4 is 6.03 Å². The third-order valence-electron chi connectivity index (χ3n) is 3.66. The van der Waals surface area contributed by atoms with Crippen molar-refractivity contribution in [3.05, 3.63) is 0 Å². The van der Waals surface area contributed by atoms with E-state index in [9.17, 15) is 4.79 Å². The van der Waals surface area contributed by atoms with Crippen LogP contribution in [0.1, 0.15) is 19.8 Å². The summed E-state index contributed by atoms with van der Waals surface area (Å²) >= 11 is 0. The van der Waals surface area contributed by atoms with Gasteiger partial charge in [-0.25, -0.2) is 4.79 Å². The molecule has 0 unspecified atom stereocenters. The molecule has 2 fully saturated rings. The molecule has 0 aromatic carbocycles. The van der Waals surface area contributed by atoms with E-state index in [0.717, 1.165) is 58.8 Å². The fraction of sp³-hybridized carbons (Fsp3) is 0.917. The number of hydrogen-bond acceptors (Lipinski definition) is 3. The topological polar surface area (TPSA) is 44.8 Å². The van der Waals surface area contributed by atoms with Crippen molar-refractivity contribution in [2.45, 2.75) is 25.8 Å². The van der Waals surface area contributed by atoms with Crippen molar-refractivity contribution in [3.8, 4) is 0 Å². The third-order valence-corrected chi connectivity index (χ3v) is 3.66. The van der Waals surface area contributed by atoms with Gasteiger partial charge in [0.25, 0.3) is 0 Å². The Morgan fingerprint density at radius 1 is 1.24 bits per heavy atom. The number of carbonyl (C=O) groups is 1. The summed E-state index contributed by atoms with van der Waals surface area (Å²) < 4.78 is 5.28. The number of rotatable bonds is 2. The molecule has 2 aliphatic rings. The van der Waals surface area contributed by atoms with Crippen molar-refractivity contribution < 1.29 is 9.53 Å². The van der Waals surface area contributed by atoms with E-state index in [4.69, 9.17) is 4.74 Å². The van der Waals surface area contributed by atoms with Gasteiger partial charge in [-0.3, -0.25) is 0 Å². The van der Waals surface area contributed by atoms with E-state index in [1.807, 2.05) is 4.90 Å². The molecule has 2 rings (SSSR count). The molecular formula is C12H23N3O2. The number of hydrogen-bond donors (Lipinski definition) is 1. The van der Waals surface area contributed by atoms with E-state index >= 15 is 0 Å². The zero-order chi connectivity index (χ0) is 12.1. The summed E-state index contributed by atoms with van der Waals surface area (Å²) in [5.74, 6) is 0. The first-order valence-corrected chi connectivity index (χ1v) is 6.65. The van der Waals surface area contributed by atoms with Gasteiger partial charge in [0, 0.05) is 45.4 Å². The van der Waals surface area contributed by atoms with Gasteiger partial charge in [-0.2, -0.15) is 0 Å². The first-order chi connectivity index (χ1) is 8.29. The van der Waals surface area contributed by atoms with Crippen LogP contribution in [-0.2, 0) is 4.74 Å². The van der Waals surface area contributed by atoms with Crippen LogP contribution >= 0.6 is 0 Å². The zero-order valence-corrected chi connectivity index (χ0v) is 10.7. The summed E-state index contributed by atoms with van der Waals surface area (Å²) in [5.41, 5.74) is 0. The van der Waals surface area contributed by atoms with Crippen LogP contribution in [0.3, 0.4) is 0 Å². The lowest BCUT2D eigenvalue weighted by atomic mass is 10.1. The Hall–Kier alpha value is -0.810. The van der Waals surface area contributed by atoms with Crippen LogP contribution in [0.4, 0.5) is 4.79 Å². The van der Waals surface area contributed by atoms with Crippen LogP contribution in [0.5, 0.6) is 0 Å². The molecule has 17 heavy (non-hydrogen) atoms. The smallest absolute Gasteiger partial charge is 0.317 e. The molecule has 2 aliphatic heterocycles. The van der Waals surface area contributed by atoms with Crippen molar-refractivity contribution in [2.75, 3.05) is 45.9 Å². The maximum atomic E-state index is 12.0. The van der Waals surface area contributed by atoms with Gasteiger partial charge in [0.05, 0.1) is 0 Å². The van der Waals surface area contributed by atoms with E-state index in [1.54, 1.807) is 0 Å². The second-order valence-corrected chi connectivity index (χ2v) is 4.76. The highest BCUT2D eigenvalue weighted by molar-refractivity contribution is 5.74. The average Bonchev–Trinajstić information content (AvgIpc) is 2.40. The van der Waals surface area contributed by atoms with Crippen LogP contribution in [-0.4, -0.2) is 67.8 Å². The van der Waals surface area contributed by atoms with Gasteiger partial charge in [-0.05, 0) is 19.4 Å². The Kier molecular flexibility index (Phi) is 4.62. The molecular weight excluding hydrogens is 218 g/mol. The normalized spacial score (nSPS) is 23.7. The maximum absolute atomic E-state index is 12.0. The summed E-state index contributed by atoms with van der Waals surface area (Å²) in [4.78, 5) is 16.3. The van der Waals surface area contributed by atoms with Crippen LogP contribution in [0.25, 0.3) is 0 Å². The van der Waals surface area contributed by atoms with Gasteiger partial charge in [-0.1, -0.05) is 6.92 Å². The Morgan fingerprint density at radius 3 is 2.47 bits per heavy atom. The van der Waals surface area contributed by atoms with Crippen molar-refractivity contribution in [1.82, 2.24) is 15.1 Å². The van der Waals surface area contributed by atoms with Gasteiger partial charge in [-0.15, -0.1) is 0 Å². The third kappa shape index (κ3) is 3.57. The predicted octanol–water partition coefficient (Wildman–Crippen LogP) is 0.513. The Balaban J connectivity index is 1.72. The highest BCUT2D eigenvalue weighted by Crippen LogP contribution is 2.08. The second kappa shape index (κ2) is 6.21. The number of carbonyl (C=O) groups excluding carboxylic acids is 1. The number of amides is 2. The molecule has 0 saturated carbocycles. The molecule has 5 heteroatoms. The zero-order valence-electron chi connectivity index (χ0n) is 10.7. The number of urea groups is 1. The molecule has 98 valence electrons. The van der Waals surface area contributed by atoms with Gasteiger partial charge in [0.1, 0.15) is 0 Å². The first-order valence-electron chi connectivity index (χ1n) is 6.65. The molecule has 5 nitrogen and oxygen atoms in total. The predicted molar refractivity (Wildman–Crippen MR) is 66.1 cm³/mol. The van der Waals surface area contributed by atoms with Crippen LogP contribution < -0.4 is 5.32 Å². The van der Waals surface area contributed by atoms with Crippen molar-refractivity contribution in [2.24, 2.45) is 0 Å². The lowest BCUT2D eigenvalue weighted by Gasteiger charge is -2.35. The molecule has 1 N–H and O–H groups in total. The van der Waals surface area contributed by atoms with E-state index in [2.05, 4.69) is 17.1 Å². The molecule has 0 spiro atoms. The Morgan fingerprint density at radius 2 is 1.88 bits per heavy atom. The number of likely N-dealkylation sites (N-methyl/N-ethyl adjacent to an activating group) is 1. The summed E-state index contributed by atoms with van der Waals surface area (Å²) in [5, 5.41) is 3.11. The largest absolute Gasteiger partial charge is 0.381 e. The number of piperazine rings is 1. The Labute approximate surface area is 103 Å². The highest BCUT2D eigenvalue weighted by Gasteiger charge is 2.23. The quantitative estimate of drug-likeness (QED) is 0.766. The summed E-state index contributed by atoms with van der Waals surface area (Å²) in [6.45, 7) is 8.48. The number of nitrogens with one attached hydrogen (secondary N) is 1. The second-order valence-electron chi connectivity index (χ2n) is 4.76. The molecule has 2 saturated heterocycles. The molecule has 0 bridgehead atoms.